The molecule has 0 fully saturated rings. The van der Waals surface area contributed by atoms with E-state index in [4.69, 9.17) is 17.3 Å². The monoisotopic (exact) mass is 265 g/mol. The summed E-state index contributed by atoms with van der Waals surface area (Å²) in [6, 6.07) is 5.78. The maximum atomic E-state index is 13.8. The molecule has 0 saturated heterocycles. The Morgan fingerprint density at radius 1 is 1.28 bits per heavy atom. The summed E-state index contributed by atoms with van der Waals surface area (Å²) < 4.78 is 13.8. The van der Waals surface area contributed by atoms with Crippen LogP contribution in [0.1, 0.15) is 24.5 Å². The van der Waals surface area contributed by atoms with Gasteiger partial charge < -0.3 is 5.73 Å². The zero-order valence-corrected chi connectivity index (χ0v) is 10.9. The van der Waals surface area contributed by atoms with Crippen LogP contribution in [-0.4, -0.2) is 9.97 Å². The van der Waals surface area contributed by atoms with E-state index >= 15 is 0 Å². The van der Waals surface area contributed by atoms with Crippen LogP contribution in [-0.2, 0) is 0 Å². The molecule has 3 nitrogen and oxygen atoms in total. The van der Waals surface area contributed by atoms with Crippen LogP contribution in [0.4, 0.5) is 4.39 Å². The molecule has 0 aliphatic carbocycles. The molecule has 18 heavy (non-hydrogen) atoms. The van der Waals surface area contributed by atoms with E-state index < -0.39 is 0 Å². The number of nitrogens with zero attached hydrogens (tertiary/aromatic N) is 2. The van der Waals surface area contributed by atoms with Crippen molar-refractivity contribution in [3.05, 3.63) is 46.6 Å². The molecule has 2 rings (SSSR count). The second kappa shape index (κ2) is 5.00. The van der Waals surface area contributed by atoms with Crippen molar-refractivity contribution in [3.8, 4) is 11.3 Å². The summed E-state index contributed by atoms with van der Waals surface area (Å²) in [5.74, 6) is 0.123. The molecule has 2 N–H and O–H groups in total. The number of hydrogen-bond donors (Lipinski definition) is 1. The predicted octanol–water partition coefficient (Wildman–Crippen LogP) is 3.26. The quantitative estimate of drug-likeness (QED) is 0.907. The number of rotatable bonds is 2. The van der Waals surface area contributed by atoms with Gasteiger partial charge in [-0.15, -0.1) is 0 Å². The Bertz CT molecular complexity index is 584. The Morgan fingerprint density at radius 3 is 2.67 bits per heavy atom. The van der Waals surface area contributed by atoms with Crippen molar-refractivity contribution in [2.24, 2.45) is 5.73 Å². The van der Waals surface area contributed by atoms with Gasteiger partial charge in [0.25, 0.3) is 0 Å². The van der Waals surface area contributed by atoms with Crippen LogP contribution in [0.15, 0.2) is 24.3 Å². The molecule has 1 aromatic carbocycles. The van der Waals surface area contributed by atoms with Gasteiger partial charge in [-0.1, -0.05) is 11.6 Å². The molecule has 1 atom stereocenters. The molecule has 0 amide bonds. The Balaban J connectivity index is 2.60. The highest BCUT2D eigenvalue weighted by Crippen LogP contribution is 2.25. The third kappa shape index (κ3) is 2.66. The fourth-order valence-electron chi connectivity index (χ4n) is 1.63. The highest BCUT2D eigenvalue weighted by Gasteiger charge is 2.11. The van der Waals surface area contributed by atoms with Crippen LogP contribution in [0.5, 0.6) is 0 Å². The van der Waals surface area contributed by atoms with Gasteiger partial charge in [-0.25, -0.2) is 14.4 Å². The van der Waals surface area contributed by atoms with E-state index in [2.05, 4.69) is 9.97 Å². The molecule has 0 saturated carbocycles. The second-order valence-electron chi connectivity index (χ2n) is 4.17. The molecule has 0 aliphatic rings. The summed E-state index contributed by atoms with van der Waals surface area (Å²) in [5.41, 5.74) is 7.35. The van der Waals surface area contributed by atoms with Crippen LogP contribution in [0.25, 0.3) is 11.3 Å². The number of aryl methyl sites for hydroxylation is 1. The van der Waals surface area contributed by atoms with Crippen molar-refractivity contribution in [3.63, 3.8) is 0 Å². The summed E-state index contributed by atoms with van der Waals surface area (Å²) in [4.78, 5) is 8.49. The molecule has 0 radical (unpaired) electrons. The second-order valence-corrected chi connectivity index (χ2v) is 4.60. The molecule has 1 aromatic heterocycles. The van der Waals surface area contributed by atoms with Gasteiger partial charge in [-0.3, -0.25) is 0 Å². The van der Waals surface area contributed by atoms with Crippen molar-refractivity contribution >= 4 is 11.6 Å². The van der Waals surface area contributed by atoms with Crippen molar-refractivity contribution in [2.45, 2.75) is 19.9 Å². The maximum Gasteiger partial charge on any atom is 0.145 e. The predicted molar refractivity (Wildman–Crippen MR) is 69.8 cm³/mol. The van der Waals surface area contributed by atoms with Gasteiger partial charge in [0.1, 0.15) is 11.6 Å². The molecule has 5 heteroatoms. The SMILES string of the molecule is Cc1cc(-c2cc(Cl)ccc2F)nc(C(C)N)n1. The molecule has 1 heterocycles. The van der Waals surface area contributed by atoms with E-state index in [0.717, 1.165) is 5.69 Å². The minimum atomic E-state index is -0.367. The third-order valence-corrected chi connectivity index (χ3v) is 2.72. The van der Waals surface area contributed by atoms with Crippen LogP contribution >= 0.6 is 11.6 Å². The standard InChI is InChI=1S/C13H13ClFN3/c1-7-5-12(18-13(17-7)8(2)16)10-6-9(14)3-4-11(10)15/h3-6,8H,16H2,1-2H3. The van der Waals surface area contributed by atoms with Crippen LogP contribution < -0.4 is 5.73 Å². The third-order valence-electron chi connectivity index (χ3n) is 2.48. The van der Waals surface area contributed by atoms with Gasteiger partial charge in [-0.2, -0.15) is 0 Å². The lowest BCUT2D eigenvalue weighted by atomic mass is 10.1. The van der Waals surface area contributed by atoms with E-state index in [1.807, 2.05) is 6.92 Å². The zero-order chi connectivity index (χ0) is 13.3. The molecule has 0 aliphatic heterocycles. The van der Waals surface area contributed by atoms with E-state index in [9.17, 15) is 4.39 Å². The molecule has 2 aromatic rings. The van der Waals surface area contributed by atoms with Crippen molar-refractivity contribution in [2.75, 3.05) is 0 Å². The Kier molecular flexibility index (Phi) is 3.59. The minimum Gasteiger partial charge on any atom is -0.322 e. The van der Waals surface area contributed by atoms with Crippen molar-refractivity contribution < 1.29 is 4.39 Å². The first-order valence-corrected chi connectivity index (χ1v) is 5.92. The molecular weight excluding hydrogens is 253 g/mol. The topological polar surface area (TPSA) is 51.8 Å². The molecule has 0 bridgehead atoms. The van der Waals surface area contributed by atoms with Gasteiger partial charge in [-0.05, 0) is 38.1 Å². The first-order valence-electron chi connectivity index (χ1n) is 5.54. The van der Waals surface area contributed by atoms with Crippen molar-refractivity contribution in [1.82, 2.24) is 9.97 Å². The Morgan fingerprint density at radius 2 is 2.00 bits per heavy atom. The van der Waals surface area contributed by atoms with Gasteiger partial charge in [0.2, 0.25) is 0 Å². The average molecular weight is 266 g/mol. The van der Waals surface area contributed by atoms with Gasteiger partial charge in [0, 0.05) is 16.3 Å². The summed E-state index contributed by atoms with van der Waals surface area (Å²) >= 11 is 5.87. The van der Waals surface area contributed by atoms with Crippen molar-refractivity contribution in [1.29, 1.82) is 0 Å². The number of hydrogen-bond acceptors (Lipinski definition) is 3. The normalized spacial score (nSPS) is 12.5. The molecular formula is C13H13ClFN3. The van der Waals surface area contributed by atoms with E-state index in [0.29, 0.717) is 22.1 Å². The smallest absolute Gasteiger partial charge is 0.145 e. The number of aromatic nitrogens is 2. The van der Waals surface area contributed by atoms with E-state index in [1.54, 1.807) is 19.1 Å². The first-order chi connectivity index (χ1) is 8.47. The molecule has 0 spiro atoms. The van der Waals surface area contributed by atoms with Crippen LogP contribution in [0.2, 0.25) is 5.02 Å². The summed E-state index contributed by atoms with van der Waals surface area (Å²) in [7, 11) is 0. The maximum absolute atomic E-state index is 13.8. The first kappa shape index (κ1) is 12.9. The fraction of sp³-hybridized carbons (Fsp3) is 0.231. The number of nitrogens with two attached hydrogens (primary N) is 1. The zero-order valence-electron chi connectivity index (χ0n) is 10.1. The van der Waals surface area contributed by atoms with Gasteiger partial charge in [0.15, 0.2) is 0 Å². The highest BCUT2D eigenvalue weighted by atomic mass is 35.5. The summed E-state index contributed by atoms with van der Waals surface area (Å²) in [6.45, 7) is 3.60. The lowest BCUT2D eigenvalue weighted by Gasteiger charge is -2.09. The van der Waals surface area contributed by atoms with Gasteiger partial charge in [0.05, 0.1) is 11.7 Å². The lowest BCUT2D eigenvalue weighted by molar-refractivity contribution is 0.630. The largest absolute Gasteiger partial charge is 0.322 e. The lowest BCUT2D eigenvalue weighted by Crippen LogP contribution is -2.11. The summed E-state index contributed by atoms with van der Waals surface area (Å²) in [6.07, 6.45) is 0. The van der Waals surface area contributed by atoms with E-state index in [-0.39, 0.29) is 11.9 Å². The molecule has 94 valence electrons. The van der Waals surface area contributed by atoms with Crippen LogP contribution in [0, 0.1) is 12.7 Å². The van der Waals surface area contributed by atoms with Crippen LogP contribution in [0.3, 0.4) is 0 Å². The average Bonchev–Trinajstić information content (AvgIpc) is 2.31. The highest BCUT2D eigenvalue weighted by molar-refractivity contribution is 6.30. The minimum absolute atomic E-state index is 0.300. The number of halogens is 2. The summed E-state index contributed by atoms with van der Waals surface area (Å²) in [5, 5.41) is 0.463. The van der Waals surface area contributed by atoms with E-state index in [1.165, 1.54) is 12.1 Å². The van der Waals surface area contributed by atoms with Gasteiger partial charge >= 0.3 is 0 Å². The Labute approximate surface area is 110 Å². The fourth-order valence-corrected chi connectivity index (χ4v) is 1.80. The molecule has 1 unspecified atom stereocenters. The Hall–Kier alpha value is -1.52. The number of benzene rings is 1.